The van der Waals surface area contributed by atoms with Gasteiger partial charge in [0.25, 0.3) is 0 Å². The van der Waals surface area contributed by atoms with Crippen LogP contribution in [0.2, 0.25) is 0 Å². The molecule has 0 aromatic carbocycles. The third-order valence-electron chi connectivity index (χ3n) is 3.35. The number of ether oxygens (including phenoxy) is 1. The fraction of sp³-hybridized carbons (Fsp3) is 0.846. The Bertz CT molecular complexity index is 353. The zero-order chi connectivity index (χ0) is 15.3. The van der Waals surface area contributed by atoms with Crippen LogP contribution in [0.1, 0.15) is 27.2 Å². The van der Waals surface area contributed by atoms with Crippen LogP contribution in [0.15, 0.2) is 0 Å². The molecular formula is C13H24N2O5. The number of carbonyl (C=O) groups excluding carboxylic acids is 1. The smallest absolute Gasteiger partial charge is 0.317 e. The van der Waals surface area contributed by atoms with E-state index < -0.39 is 12.0 Å². The summed E-state index contributed by atoms with van der Waals surface area (Å²) in [6.45, 7) is 6.64. The molecule has 0 aromatic rings. The molecule has 0 radical (unpaired) electrons. The number of carboxylic acids is 1. The van der Waals surface area contributed by atoms with Crippen LogP contribution >= 0.6 is 0 Å². The molecule has 1 heterocycles. The van der Waals surface area contributed by atoms with Crippen molar-refractivity contribution in [2.24, 2.45) is 5.41 Å². The summed E-state index contributed by atoms with van der Waals surface area (Å²) in [4.78, 5) is 24.6. The zero-order valence-electron chi connectivity index (χ0n) is 12.3. The Balaban J connectivity index is 2.63. The summed E-state index contributed by atoms with van der Waals surface area (Å²) >= 11 is 0. The summed E-state index contributed by atoms with van der Waals surface area (Å²) in [6, 6.07) is -0.768. The lowest BCUT2D eigenvalue weighted by molar-refractivity contribution is -0.138. The van der Waals surface area contributed by atoms with Crippen molar-refractivity contribution in [3.63, 3.8) is 0 Å². The van der Waals surface area contributed by atoms with Gasteiger partial charge in [0, 0.05) is 12.6 Å². The summed E-state index contributed by atoms with van der Waals surface area (Å²) < 4.78 is 5.28. The van der Waals surface area contributed by atoms with Crippen LogP contribution in [0.3, 0.4) is 0 Å². The first kappa shape index (κ1) is 16.7. The number of hydrogen-bond acceptors (Lipinski definition) is 4. The number of carbonyl (C=O) groups is 2. The van der Waals surface area contributed by atoms with Crippen LogP contribution in [0.4, 0.5) is 4.79 Å². The Hall–Kier alpha value is -1.34. The number of nitrogens with zero attached hydrogens (tertiary/aromatic N) is 1. The molecule has 7 nitrogen and oxygen atoms in total. The Morgan fingerprint density at radius 1 is 1.45 bits per heavy atom. The maximum Gasteiger partial charge on any atom is 0.317 e. The van der Waals surface area contributed by atoms with E-state index in [1.165, 1.54) is 0 Å². The van der Waals surface area contributed by atoms with Gasteiger partial charge in [-0.25, -0.2) is 4.79 Å². The maximum atomic E-state index is 12.2. The number of aliphatic hydroxyl groups excluding tert-OH is 1. The molecule has 2 unspecified atom stereocenters. The minimum Gasteiger partial charge on any atom is -0.481 e. The minimum absolute atomic E-state index is 0.122. The Morgan fingerprint density at radius 2 is 2.10 bits per heavy atom. The van der Waals surface area contributed by atoms with Crippen molar-refractivity contribution in [2.75, 3.05) is 26.3 Å². The highest BCUT2D eigenvalue weighted by Crippen LogP contribution is 2.22. The fourth-order valence-electron chi connectivity index (χ4n) is 2.00. The normalized spacial score (nSPS) is 21.4. The molecule has 1 fully saturated rings. The van der Waals surface area contributed by atoms with E-state index in [2.05, 4.69) is 5.32 Å². The SMILES string of the molecule is CC(C)(C)C(CC(=O)O)NC(=O)N1CCOC(CO)C1. The predicted molar refractivity (Wildman–Crippen MR) is 72.4 cm³/mol. The number of amides is 2. The van der Waals surface area contributed by atoms with Crippen molar-refractivity contribution < 1.29 is 24.5 Å². The van der Waals surface area contributed by atoms with E-state index in [0.29, 0.717) is 19.7 Å². The van der Waals surface area contributed by atoms with E-state index in [4.69, 9.17) is 14.9 Å². The fourth-order valence-corrected chi connectivity index (χ4v) is 2.00. The van der Waals surface area contributed by atoms with E-state index >= 15 is 0 Å². The third-order valence-corrected chi connectivity index (χ3v) is 3.35. The van der Waals surface area contributed by atoms with Crippen molar-refractivity contribution in [1.29, 1.82) is 0 Å². The van der Waals surface area contributed by atoms with Gasteiger partial charge in [-0.3, -0.25) is 4.79 Å². The number of aliphatic carboxylic acids is 1. The average Bonchev–Trinajstić information content (AvgIpc) is 2.36. The van der Waals surface area contributed by atoms with Gasteiger partial charge in [0.2, 0.25) is 0 Å². The highest BCUT2D eigenvalue weighted by molar-refractivity contribution is 5.76. The third kappa shape index (κ3) is 4.97. The molecule has 116 valence electrons. The molecule has 2 atom stereocenters. The number of urea groups is 1. The van der Waals surface area contributed by atoms with E-state index in [-0.39, 0.29) is 30.6 Å². The quantitative estimate of drug-likeness (QED) is 0.690. The van der Waals surface area contributed by atoms with Crippen molar-refractivity contribution in [2.45, 2.75) is 39.3 Å². The number of hydrogen-bond donors (Lipinski definition) is 3. The van der Waals surface area contributed by atoms with Crippen LogP contribution in [0.5, 0.6) is 0 Å². The highest BCUT2D eigenvalue weighted by Gasteiger charge is 2.31. The molecule has 1 rings (SSSR count). The van der Waals surface area contributed by atoms with Crippen LogP contribution in [0, 0.1) is 5.41 Å². The number of carboxylic acid groups (broad SMARTS) is 1. The summed E-state index contributed by atoms with van der Waals surface area (Å²) in [5.41, 5.74) is -0.350. The first-order chi connectivity index (χ1) is 9.24. The lowest BCUT2D eigenvalue weighted by Gasteiger charge is -2.36. The van der Waals surface area contributed by atoms with Crippen LogP contribution in [0.25, 0.3) is 0 Å². The molecule has 0 aromatic heterocycles. The predicted octanol–water partition coefficient (Wildman–Crippen LogP) is 0.279. The van der Waals surface area contributed by atoms with Crippen LogP contribution < -0.4 is 5.32 Å². The Labute approximate surface area is 118 Å². The maximum absolute atomic E-state index is 12.2. The van der Waals surface area contributed by atoms with Gasteiger partial charge >= 0.3 is 12.0 Å². The van der Waals surface area contributed by atoms with Gasteiger partial charge in [-0.2, -0.15) is 0 Å². The van der Waals surface area contributed by atoms with Crippen molar-refractivity contribution >= 4 is 12.0 Å². The highest BCUT2D eigenvalue weighted by atomic mass is 16.5. The van der Waals surface area contributed by atoms with Crippen LogP contribution in [-0.2, 0) is 9.53 Å². The van der Waals surface area contributed by atoms with Crippen molar-refractivity contribution in [1.82, 2.24) is 10.2 Å². The number of morpholine rings is 1. The molecular weight excluding hydrogens is 264 g/mol. The second kappa shape index (κ2) is 6.90. The minimum atomic E-state index is -0.944. The molecule has 3 N–H and O–H groups in total. The number of nitrogens with one attached hydrogen (secondary N) is 1. The molecule has 0 spiro atoms. The topological polar surface area (TPSA) is 99.1 Å². The lowest BCUT2D eigenvalue weighted by Crippen LogP contribution is -2.55. The van der Waals surface area contributed by atoms with Gasteiger partial charge in [-0.15, -0.1) is 0 Å². The second-order valence-corrected chi connectivity index (χ2v) is 6.09. The number of aliphatic hydroxyl groups is 1. The molecule has 1 aliphatic rings. The summed E-state index contributed by atoms with van der Waals surface area (Å²) in [7, 11) is 0. The van der Waals surface area contributed by atoms with E-state index in [1.54, 1.807) is 4.90 Å². The molecule has 1 aliphatic heterocycles. The van der Waals surface area contributed by atoms with Crippen molar-refractivity contribution in [3.05, 3.63) is 0 Å². The zero-order valence-corrected chi connectivity index (χ0v) is 12.3. The number of rotatable bonds is 4. The molecule has 0 saturated carbocycles. The first-order valence-electron chi connectivity index (χ1n) is 6.73. The summed E-state index contributed by atoms with van der Waals surface area (Å²) in [6.07, 6.45) is -0.495. The molecule has 2 amide bonds. The molecule has 0 aliphatic carbocycles. The molecule has 7 heteroatoms. The monoisotopic (exact) mass is 288 g/mol. The van der Waals surface area contributed by atoms with E-state index in [0.717, 1.165) is 0 Å². The largest absolute Gasteiger partial charge is 0.481 e. The first-order valence-corrected chi connectivity index (χ1v) is 6.73. The lowest BCUT2D eigenvalue weighted by atomic mass is 9.85. The summed E-state index contributed by atoms with van der Waals surface area (Å²) in [5, 5.41) is 20.8. The Morgan fingerprint density at radius 3 is 2.60 bits per heavy atom. The molecule has 1 saturated heterocycles. The molecule has 0 bridgehead atoms. The summed E-state index contributed by atoms with van der Waals surface area (Å²) in [5.74, 6) is -0.944. The van der Waals surface area contributed by atoms with Crippen molar-refractivity contribution in [3.8, 4) is 0 Å². The Kier molecular flexibility index (Phi) is 5.76. The van der Waals surface area contributed by atoms with Gasteiger partial charge in [0.1, 0.15) is 0 Å². The standard InChI is InChI=1S/C13H24N2O5/c1-13(2,3)10(6-11(17)18)14-12(19)15-4-5-20-9(7-15)8-16/h9-10,16H,4-8H2,1-3H3,(H,14,19)(H,17,18). The van der Waals surface area contributed by atoms with Gasteiger partial charge in [-0.05, 0) is 5.41 Å². The van der Waals surface area contributed by atoms with Crippen LogP contribution in [-0.4, -0.2) is 65.6 Å². The van der Waals surface area contributed by atoms with Gasteiger partial charge in [0.05, 0.1) is 32.3 Å². The van der Waals surface area contributed by atoms with E-state index in [1.807, 2.05) is 20.8 Å². The van der Waals surface area contributed by atoms with Gasteiger partial charge < -0.3 is 25.2 Å². The molecule has 20 heavy (non-hydrogen) atoms. The average molecular weight is 288 g/mol. The second-order valence-electron chi connectivity index (χ2n) is 6.09. The van der Waals surface area contributed by atoms with E-state index in [9.17, 15) is 9.59 Å². The van der Waals surface area contributed by atoms with Gasteiger partial charge in [-0.1, -0.05) is 20.8 Å². The van der Waals surface area contributed by atoms with Gasteiger partial charge in [0.15, 0.2) is 0 Å².